The first-order chi connectivity index (χ1) is 13.3. The van der Waals surface area contributed by atoms with Crippen molar-refractivity contribution in [2.75, 3.05) is 12.4 Å². The van der Waals surface area contributed by atoms with Gasteiger partial charge in [-0.25, -0.2) is 4.99 Å². The highest BCUT2D eigenvalue weighted by atomic mass is 35.5. The first kappa shape index (κ1) is 19.1. The summed E-state index contributed by atoms with van der Waals surface area (Å²) in [5.41, 5.74) is 5.13. The van der Waals surface area contributed by atoms with Gasteiger partial charge in [-0.1, -0.05) is 23.7 Å². The summed E-state index contributed by atoms with van der Waals surface area (Å²) in [6.07, 6.45) is 1.56. The molecule has 0 fully saturated rings. The van der Waals surface area contributed by atoms with Crippen LogP contribution in [0.15, 0.2) is 46.4 Å². The number of pyridine rings is 1. The second-order valence-corrected chi connectivity index (χ2v) is 8.27. The van der Waals surface area contributed by atoms with Gasteiger partial charge in [0, 0.05) is 23.3 Å². The van der Waals surface area contributed by atoms with Gasteiger partial charge >= 0.3 is 5.92 Å². The minimum atomic E-state index is -3.20. The molecule has 2 aliphatic heterocycles. The Morgan fingerprint density at radius 3 is 2.89 bits per heavy atom. The standard InChI is InChI=1S/C19H16ClF2N3O2S/c20-12-2-3-14(24-9-12)15(26)8-11-1-4-16-13(7-11)18(5-6-28-16)19(21,22)10-27-17(23)25-18/h1-4,7,9H,5-6,8,10H2,(H2,23,25)/t18-/m1/s1. The molecule has 0 amide bonds. The summed E-state index contributed by atoms with van der Waals surface area (Å²) in [5, 5.41) is 0.432. The molecular formula is C19H16ClF2N3O2S. The smallest absolute Gasteiger partial charge is 0.310 e. The van der Waals surface area contributed by atoms with E-state index in [0.717, 1.165) is 0 Å². The third-order valence-corrected chi connectivity index (χ3v) is 6.20. The van der Waals surface area contributed by atoms with Crippen LogP contribution in [0.5, 0.6) is 0 Å². The fraction of sp³-hybridized carbons (Fsp3) is 0.316. The maximum atomic E-state index is 14.9. The molecule has 2 N–H and O–H groups in total. The lowest BCUT2D eigenvalue weighted by Crippen LogP contribution is -2.54. The number of Topliss-reactive ketones (excluding diaryl/α,β-unsaturated/α-hetero) is 1. The molecule has 1 aromatic heterocycles. The highest BCUT2D eigenvalue weighted by Gasteiger charge is 2.59. The summed E-state index contributed by atoms with van der Waals surface area (Å²) in [6, 6.07) is 8.04. The Labute approximate surface area is 169 Å². The minimum Gasteiger partial charge on any atom is -0.459 e. The Morgan fingerprint density at radius 2 is 2.14 bits per heavy atom. The molecule has 0 bridgehead atoms. The van der Waals surface area contributed by atoms with Crippen molar-refractivity contribution in [2.45, 2.75) is 29.2 Å². The lowest BCUT2D eigenvalue weighted by molar-refractivity contribution is -0.124. The van der Waals surface area contributed by atoms with Crippen molar-refractivity contribution >= 4 is 35.2 Å². The van der Waals surface area contributed by atoms with Crippen molar-refractivity contribution in [2.24, 2.45) is 10.7 Å². The van der Waals surface area contributed by atoms with Gasteiger partial charge in [0.05, 0.1) is 5.02 Å². The van der Waals surface area contributed by atoms with Gasteiger partial charge in [0.1, 0.15) is 5.69 Å². The molecule has 9 heteroatoms. The van der Waals surface area contributed by atoms with Gasteiger partial charge in [0.2, 0.25) is 0 Å². The maximum absolute atomic E-state index is 14.9. The van der Waals surface area contributed by atoms with E-state index in [0.29, 0.717) is 26.8 Å². The normalized spacial score (nSPS) is 22.9. The molecule has 0 aliphatic carbocycles. The zero-order valence-electron chi connectivity index (χ0n) is 14.6. The van der Waals surface area contributed by atoms with E-state index >= 15 is 0 Å². The van der Waals surface area contributed by atoms with Gasteiger partial charge in [-0.3, -0.25) is 9.78 Å². The molecule has 2 aromatic rings. The van der Waals surface area contributed by atoms with Crippen molar-refractivity contribution in [3.05, 3.63) is 58.4 Å². The summed E-state index contributed by atoms with van der Waals surface area (Å²) in [7, 11) is 0. The molecule has 3 heterocycles. The van der Waals surface area contributed by atoms with Crippen LogP contribution in [0.1, 0.15) is 28.0 Å². The minimum absolute atomic E-state index is 0.0317. The van der Waals surface area contributed by atoms with Gasteiger partial charge < -0.3 is 10.5 Å². The van der Waals surface area contributed by atoms with Gasteiger partial charge in [-0.05, 0) is 35.7 Å². The molecule has 28 heavy (non-hydrogen) atoms. The summed E-state index contributed by atoms with van der Waals surface area (Å²) < 4.78 is 34.6. The van der Waals surface area contributed by atoms with E-state index in [-0.39, 0.29) is 30.3 Å². The Hall–Kier alpha value is -2.19. The number of aliphatic imine (C=N–C) groups is 1. The van der Waals surface area contributed by atoms with Gasteiger partial charge in [-0.2, -0.15) is 8.78 Å². The summed E-state index contributed by atoms with van der Waals surface area (Å²) in [6.45, 7) is -0.815. The Balaban J connectivity index is 1.71. The van der Waals surface area contributed by atoms with Crippen molar-refractivity contribution < 1.29 is 18.3 Å². The number of amidine groups is 1. The number of ketones is 1. The Morgan fingerprint density at radius 1 is 1.32 bits per heavy atom. The van der Waals surface area contributed by atoms with Crippen LogP contribution in [-0.2, 0) is 16.7 Å². The van der Waals surface area contributed by atoms with Crippen LogP contribution in [0.2, 0.25) is 5.02 Å². The van der Waals surface area contributed by atoms with E-state index in [4.69, 9.17) is 22.1 Å². The fourth-order valence-corrected chi connectivity index (χ4v) is 4.76. The Bertz CT molecular complexity index is 968. The third kappa shape index (κ3) is 3.24. The van der Waals surface area contributed by atoms with E-state index in [1.54, 1.807) is 24.3 Å². The summed E-state index contributed by atoms with van der Waals surface area (Å²) >= 11 is 7.28. The molecule has 2 aliphatic rings. The number of fused-ring (bicyclic) bond motifs is 2. The lowest BCUT2D eigenvalue weighted by Gasteiger charge is -2.43. The molecule has 0 radical (unpaired) electrons. The molecule has 1 spiro atoms. The largest absolute Gasteiger partial charge is 0.459 e. The second-order valence-electron chi connectivity index (χ2n) is 6.69. The van der Waals surface area contributed by atoms with E-state index < -0.39 is 18.1 Å². The highest BCUT2D eigenvalue weighted by molar-refractivity contribution is 7.99. The van der Waals surface area contributed by atoms with Crippen LogP contribution in [-0.4, -0.2) is 35.1 Å². The number of carbonyl (C=O) groups excluding carboxylic acids is 1. The SMILES string of the molecule is NC1=N[C@@]2(CCSc3ccc(CC(=O)c4ccc(Cl)cn4)cc32)C(F)(F)CO1. The van der Waals surface area contributed by atoms with Crippen LogP contribution in [0.4, 0.5) is 8.78 Å². The summed E-state index contributed by atoms with van der Waals surface area (Å²) in [5.74, 6) is -2.94. The van der Waals surface area contributed by atoms with Crippen molar-refractivity contribution in [3.63, 3.8) is 0 Å². The third-order valence-electron chi connectivity index (χ3n) is 4.90. The average Bonchev–Trinajstić information content (AvgIpc) is 2.66. The van der Waals surface area contributed by atoms with Gasteiger partial charge in [-0.15, -0.1) is 11.8 Å². The fourth-order valence-electron chi connectivity index (χ4n) is 3.48. The van der Waals surface area contributed by atoms with Crippen molar-refractivity contribution in [1.29, 1.82) is 0 Å². The van der Waals surface area contributed by atoms with E-state index in [2.05, 4.69) is 9.98 Å². The van der Waals surface area contributed by atoms with E-state index in [9.17, 15) is 13.6 Å². The number of ether oxygens (including phenoxy) is 1. The zero-order chi connectivity index (χ0) is 19.9. The van der Waals surface area contributed by atoms with Crippen LogP contribution in [0.25, 0.3) is 0 Å². The molecule has 4 rings (SSSR count). The van der Waals surface area contributed by atoms with Gasteiger partial charge in [0.15, 0.2) is 17.9 Å². The van der Waals surface area contributed by atoms with E-state index in [1.165, 1.54) is 24.0 Å². The number of hydrogen-bond acceptors (Lipinski definition) is 6. The number of benzene rings is 1. The Kier molecular flexibility index (Phi) is 4.79. The predicted octanol–water partition coefficient (Wildman–Crippen LogP) is 3.83. The number of hydrogen-bond donors (Lipinski definition) is 1. The topological polar surface area (TPSA) is 77.6 Å². The summed E-state index contributed by atoms with van der Waals surface area (Å²) in [4.78, 5) is 21.3. The number of rotatable bonds is 3. The first-order valence-electron chi connectivity index (χ1n) is 8.58. The van der Waals surface area contributed by atoms with Crippen molar-refractivity contribution in [1.82, 2.24) is 4.98 Å². The van der Waals surface area contributed by atoms with Crippen LogP contribution < -0.4 is 5.73 Å². The average molecular weight is 424 g/mol. The van der Waals surface area contributed by atoms with Crippen LogP contribution in [0, 0.1) is 0 Å². The quantitative estimate of drug-likeness (QED) is 0.759. The first-order valence-corrected chi connectivity index (χ1v) is 9.94. The highest BCUT2D eigenvalue weighted by Crippen LogP contribution is 2.52. The number of halogens is 3. The number of carbonyl (C=O) groups is 1. The number of nitrogens with two attached hydrogens (primary N) is 1. The molecule has 0 unspecified atom stereocenters. The van der Waals surface area contributed by atoms with Gasteiger partial charge in [0.25, 0.3) is 6.02 Å². The number of aromatic nitrogens is 1. The molecule has 146 valence electrons. The number of nitrogens with zero attached hydrogens (tertiary/aromatic N) is 2. The van der Waals surface area contributed by atoms with Crippen LogP contribution in [0.3, 0.4) is 0 Å². The van der Waals surface area contributed by atoms with E-state index in [1.807, 2.05) is 0 Å². The second kappa shape index (κ2) is 7.00. The number of alkyl halides is 2. The molecule has 5 nitrogen and oxygen atoms in total. The van der Waals surface area contributed by atoms with Crippen LogP contribution >= 0.6 is 23.4 Å². The molecule has 1 aromatic carbocycles. The molecular weight excluding hydrogens is 408 g/mol. The predicted molar refractivity (Wildman–Crippen MR) is 103 cm³/mol. The monoisotopic (exact) mass is 423 g/mol. The van der Waals surface area contributed by atoms with Crippen molar-refractivity contribution in [3.8, 4) is 0 Å². The molecule has 0 saturated heterocycles. The molecule has 0 saturated carbocycles. The molecule has 1 atom stereocenters. The zero-order valence-corrected chi connectivity index (χ0v) is 16.2. The lowest BCUT2D eigenvalue weighted by atomic mass is 9.80. The number of thioether (sulfide) groups is 1. The maximum Gasteiger partial charge on any atom is 0.310 e.